The maximum Gasteiger partial charge on any atom is 0.154 e. The number of nitrogens with zero attached hydrogens (tertiary/aromatic N) is 2. The second-order valence-corrected chi connectivity index (χ2v) is 3.87. The fourth-order valence-corrected chi connectivity index (χ4v) is 1.95. The highest BCUT2D eigenvalue weighted by molar-refractivity contribution is 5.09. The molecule has 2 rings (SSSR count). The Balaban J connectivity index is 2.09. The monoisotopic (exact) mass is 207 g/mol. The van der Waals surface area contributed by atoms with E-state index in [0.29, 0.717) is 12.5 Å². The first kappa shape index (κ1) is 10.5. The van der Waals surface area contributed by atoms with E-state index >= 15 is 0 Å². The fourth-order valence-electron chi connectivity index (χ4n) is 1.95. The van der Waals surface area contributed by atoms with Crippen LogP contribution >= 0.6 is 0 Å². The van der Waals surface area contributed by atoms with Gasteiger partial charge in [0.1, 0.15) is 6.61 Å². The van der Waals surface area contributed by atoms with E-state index in [1.54, 1.807) is 7.11 Å². The number of nitrogens with one attached hydrogen (secondary N) is 1. The summed E-state index contributed by atoms with van der Waals surface area (Å²) in [6.45, 7) is 2.66. The highest BCUT2D eigenvalue weighted by atomic mass is 16.5. The molecule has 0 radical (unpaired) electrons. The molecule has 1 aliphatic rings. The van der Waals surface area contributed by atoms with Gasteiger partial charge < -0.3 is 10.1 Å². The number of rotatable bonds is 3. The third-order valence-electron chi connectivity index (χ3n) is 2.72. The van der Waals surface area contributed by atoms with Crippen molar-refractivity contribution >= 4 is 0 Å². The Labute approximate surface area is 90.1 Å². The van der Waals surface area contributed by atoms with Gasteiger partial charge in [-0.05, 0) is 25.5 Å². The number of aromatic nitrogens is 2. The molecule has 1 aromatic heterocycles. The van der Waals surface area contributed by atoms with Gasteiger partial charge in [-0.2, -0.15) is 0 Å². The van der Waals surface area contributed by atoms with Gasteiger partial charge in [-0.3, -0.25) is 0 Å². The minimum Gasteiger partial charge on any atom is -0.377 e. The second-order valence-electron chi connectivity index (χ2n) is 3.87. The predicted octanol–water partition coefficient (Wildman–Crippen LogP) is 1.09. The van der Waals surface area contributed by atoms with E-state index in [0.717, 1.165) is 24.6 Å². The summed E-state index contributed by atoms with van der Waals surface area (Å²) in [6, 6.07) is 2.01. The van der Waals surface area contributed by atoms with Crippen LogP contribution in [0.3, 0.4) is 0 Å². The van der Waals surface area contributed by atoms with E-state index in [1.165, 1.54) is 12.8 Å². The van der Waals surface area contributed by atoms with Gasteiger partial charge >= 0.3 is 0 Å². The van der Waals surface area contributed by atoms with Gasteiger partial charge in [-0.25, -0.2) is 9.97 Å². The maximum absolute atomic E-state index is 5.03. The molecule has 2 heterocycles. The normalized spacial score (nSPS) is 21.5. The average molecular weight is 207 g/mol. The minimum absolute atomic E-state index is 0.494. The molecule has 0 amide bonds. The molecule has 4 heteroatoms. The third-order valence-corrected chi connectivity index (χ3v) is 2.72. The van der Waals surface area contributed by atoms with E-state index in [2.05, 4.69) is 15.3 Å². The molecule has 1 saturated heterocycles. The molecule has 4 nitrogen and oxygen atoms in total. The number of hydrogen-bond acceptors (Lipinski definition) is 4. The molecular weight excluding hydrogens is 190 g/mol. The first-order valence-corrected chi connectivity index (χ1v) is 5.41. The predicted molar refractivity (Wildman–Crippen MR) is 57.6 cm³/mol. The highest BCUT2D eigenvalue weighted by Gasteiger charge is 2.16. The number of piperidine rings is 1. The Morgan fingerprint density at radius 3 is 3.27 bits per heavy atom. The molecule has 0 unspecified atom stereocenters. The van der Waals surface area contributed by atoms with E-state index in [4.69, 9.17) is 4.74 Å². The molecule has 1 aliphatic heterocycles. The van der Waals surface area contributed by atoms with Crippen LogP contribution < -0.4 is 5.32 Å². The summed E-state index contributed by atoms with van der Waals surface area (Å²) >= 11 is 0. The molecule has 0 saturated carbocycles. The van der Waals surface area contributed by atoms with E-state index in [-0.39, 0.29) is 0 Å². The quantitative estimate of drug-likeness (QED) is 0.806. The lowest BCUT2D eigenvalue weighted by molar-refractivity contribution is 0.177. The van der Waals surface area contributed by atoms with Gasteiger partial charge in [-0.15, -0.1) is 0 Å². The average Bonchev–Trinajstić information content (AvgIpc) is 2.31. The molecule has 0 aliphatic carbocycles. The summed E-state index contributed by atoms with van der Waals surface area (Å²) in [6.07, 6.45) is 4.27. The van der Waals surface area contributed by atoms with Crippen molar-refractivity contribution in [1.29, 1.82) is 0 Å². The third kappa shape index (κ3) is 2.73. The van der Waals surface area contributed by atoms with Gasteiger partial charge in [0.15, 0.2) is 5.82 Å². The maximum atomic E-state index is 5.03. The van der Waals surface area contributed by atoms with Crippen molar-refractivity contribution in [3.63, 3.8) is 0 Å². The SMILES string of the molecule is COCc1nccc([C@H]2CCCNC2)n1. The van der Waals surface area contributed by atoms with E-state index in [9.17, 15) is 0 Å². The van der Waals surface area contributed by atoms with Crippen molar-refractivity contribution < 1.29 is 4.74 Å². The summed E-state index contributed by atoms with van der Waals surface area (Å²) < 4.78 is 5.03. The summed E-state index contributed by atoms with van der Waals surface area (Å²) in [5.74, 6) is 1.32. The highest BCUT2D eigenvalue weighted by Crippen LogP contribution is 2.20. The van der Waals surface area contributed by atoms with Crippen molar-refractivity contribution in [3.8, 4) is 0 Å². The molecule has 0 spiro atoms. The summed E-state index contributed by atoms with van der Waals surface area (Å²) in [5, 5.41) is 3.39. The Morgan fingerprint density at radius 2 is 2.53 bits per heavy atom. The lowest BCUT2D eigenvalue weighted by Crippen LogP contribution is -2.29. The van der Waals surface area contributed by atoms with Crippen LogP contribution in [0.2, 0.25) is 0 Å². The van der Waals surface area contributed by atoms with Crippen molar-refractivity contribution in [2.24, 2.45) is 0 Å². The van der Waals surface area contributed by atoms with E-state index in [1.807, 2.05) is 12.3 Å². The van der Waals surface area contributed by atoms with Crippen LogP contribution in [0.5, 0.6) is 0 Å². The van der Waals surface area contributed by atoms with Crippen LogP contribution in [0.4, 0.5) is 0 Å². The Bertz CT molecular complexity index is 310. The first-order valence-electron chi connectivity index (χ1n) is 5.41. The number of hydrogen-bond donors (Lipinski definition) is 1. The van der Waals surface area contributed by atoms with Crippen molar-refractivity contribution in [2.45, 2.75) is 25.4 Å². The van der Waals surface area contributed by atoms with Crippen LogP contribution in [-0.4, -0.2) is 30.2 Å². The molecule has 1 aromatic rings. The zero-order chi connectivity index (χ0) is 10.5. The van der Waals surface area contributed by atoms with Crippen molar-refractivity contribution in [3.05, 3.63) is 23.8 Å². The van der Waals surface area contributed by atoms with E-state index < -0.39 is 0 Å². The minimum atomic E-state index is 0.494. The molecule has 15 heavy (non-hydrogen) atoms. The molecule has 0 aromatic carbocycles. The van der Waals surface area contributed by atoms with Crippen LogP contribution in [0.25, 0.3) is 0 Å². The molecule has 1 fully saturated rings. The Hall–Kier alpha value is -1.00. The molecule has 1 N–H and O–H groups in total. The van der Waals surface area contributed by atoms with Crippen LogP contribution in [-0.2, 0) is 11.3 Å². The second kappa shape index (κ2) is 5.19. The summed E-state index contributed by atoms with van der Waals surface area (Å²) in [5.41, 5.74) is 1.14. The molecule has 1 atom stereocenters. The van der Waals surface area contributed by atoms with Crippen LogP contribution in [0, 0.1) is 0 Å². The number of methoxy groups -OCH3 is 1. The zero-order valence-corrected chi connectivity index (χ0v) is 9.07. The van der Waals surface area contributed by atoms with Gasteiger partial charge in [0.05, 0.1) is 0 Å². The number of ether oxygens (including phenoxy) is 1. The fraction of sp³-hybridized carbons (Fsp3) is 0.636. The lowest BCUT2D eigenvalue weighted by Gasteiger charge is -2.22. The Kier molecular flexibility index (Phi) is 3.64. The van der Waals surface area contributed by atoms with Crippen molar-refractivity contribution in [2.75, 3.05) is 20.2 Å². The largest absolute Gasteiger partial charge is 0.377 e. The van der Waals surface area contributed by atoms with Gasteiger partial charge in [-0.1, -0.05) is 0 Å². The van der Waals surface area contributed by atoms with Crippen molar-refractivity contribution in [1.82, 2.24) is 15.3 Å². The lowest BCUT2D eigenvalue weighted by atomic mass is 9.96. The first-order chi connectivity index (χ1) is 7.40. The van der Waals surface area contributed by atoms with Gasteiger partial charge in [0.25, 0.3) is 0 Å². The molecular formula is C11H17N3O. The van der Waals surface area contributed by atoms with Crippen LogP contribution in [0.1, 0.15) is 30.3 Å². The summed E-state index contributed by atoms with van der Waals surface area (Å²) in [7, 11) is 1.66. The Morgan fingerprint density at radius 1 is 1.60 bits per heavy atom. The smallest absolute Gasteiger partial charge is 0.154 e. The van der Waals surface area contributed by atoms with Crippen LogP contribution in [0.15, 0.2) is 12.3 Å². The topological polar surface area (TPSA) is 47.0 Å². The molecule has 0 bridgehead atoms. The van der Waals surface area contributed by atoms with Gasteiger partial charge in [0, 0.05) is 31.5 Å². The standard InChI is InChI=1S/C11H17N3O/c1-15-8-11-13-6-4-10(14-11)9-3-2-5-12-7-9/h4,6,9,12H,2-3,5,7-8H2,1H3/t9-/m0/s1. The van der Waals surface area contributed by atoms with Gasteiger partial charge in [0.2, 0.25) is 0 Å². The summed E-state index contributed by atoms with van der Waals surface area (Å²) in [4.78, 5) is 8.68. The zero-order valence-electron chi connectivity index (χ0n) is 9.07. The molecule has 82 valence electrons.